The number of aryl methyl sites for hydroxylation is 3. The molecule has 4 rings (SSSR count). The number of piperazine rings is 1. The predicted molar refractivity (Wildman–Crippen MR) is 136 cm³/mol. The second-order valence-corrected chi connectivity index (χ2v) is 9.80. The summed E-state index contributed by atoms with van der Waals surface area (Å²) in [5.74, 6) is -1.17. The van der Waals surface area contributed by atoms with E-state index in [9.17, 15) is 19.2 Å². The quantitative estimate of drug-likeness (QED) is 0.556. The zero-order chi connectivity index (χ0) is 26.0. The van der Waals surface area contributed by atoms with Crippen LogP contribution in [0.2, 0.25) is 0 Å². The summed E-state index contributed by atoms with van der Waals surface area (Å²) in [4.78, 5) is 57.6. The summed E-state index contributed by atoms with van der Waals surface area (Å²) in [5, 5.41) is 0. The van der Waals surface area contributed by atoms with Gasteiger partial charge in [-0.1, -0.05) is 30.3 Å². The summed E-state index contributed by atoms with van der Waals surface area (Å²) in [7, 11) is 1.51. The van der Waals surface area contributed by atoms with Crippen LogP contribution in [0.15, 0.2) is 42.5 Å². The van der Waals surface area contributed by atoms with Crippen molar-refractivity contribution in [3.05, 3.63) is 64.7 Å². The monoisotopic (exact) mass is 491 g/mol. The average molecular weight is 492 g/mol. The van der Waals surface area contributed by atoms with E-state index in [2.05, 4.69) is 6.07 Å². The maximum Gasteiger partial charge on any atom is 0.246 e. The summed E-state index contributed by atoms with van der Waals surface area (Å²) >= 11 is 0. The molecule has 190 valence electrons. The van der Waals surface area contributed by atoms with E-state index in [0.717, 1.165) is 22.4 Å². The van der Waals surface area contributed by atoms with Crippen LogP contribution in [-0.2, 0) is 29.3 Å². The van der Waals surface area contributed by atoms with Gasteiger partial charge >= 0.3 is 0 Å². The number of methoxy groups -OCH3 is 1. The molecular formula is C28H33N3O5. The van der Waals surface area contributed by atoms with Gasteiger partial charge < -0.3 is 14.5 Å². The Morgan fingerprint density at radius 3 is 2.31 bits per heavy atom. The lowest BCUT2D eigenvalue weighted by molar-refractivity contribution is -0.144. The highest BCUT2D eigenvalue weighted by atomic mass is 16.5. The Labute approximate surface area is 211 Å². The van der Waals surface area contributed by atoms with Gasteiger partial charge in [0.1, 0.15) is 6.54 Å². The van der Waals surface area contributed by atoms with Crippen molar-refractivity contribution in [3.63, 3.8) is 0 Å². The maximum atomic E-state index is 13.7. The van der Waals surface area contributed by atoms with Gasteiger partial charge in [-0.15, -0.1) is 0 Å². The van der Waals surface area contributed by atoms with E-state index in [1.54, 1.807) is 4.90 Å². The summed E-state index contributed by atoms with van der Waals surface area (Å²) < 4.78 is 5.08. The van der Waals surface area contributed by atoms with Gasteiger partial charge in [0.25, 0.3) is 0 Å². The minimum Gasteiger partial charge on any atom is -0.383 e. The van der Waals surface area contributed by atoms with Gasteiger partial charge in [-0.2, -0.15) is 0 Å². The molecule has 0 unspecified atom stereocenters. The fourth-order valence-electron chi connectivity index (χ4n) is 5.40. The van der Waals surface area contributed by atoms with Crippen LogP contribution in [0.4, 0.5) is 5.69 Å². The topological polar surface area (TPSA) is 87.2 Å². The number of ether oxygens (including phenoxy) is 1. The van der Waals surface area contributed by atoms with Gasteiger partial charge in [0.15, 0.2) is 0 Å². The van der Waals surface area contributed by atoms with Crippen molar-refractivity contribution in [1.82, 2.24) is 9.80 Å². The van der Waals surface area contributed by atoms with E-state index in [4.69, 9.17) is 4.74 Å². The summed E-state index contributed by atoms with van der Waals surface area (Å²) in [5.41, 5.74) is 3.19. The minimum atomic E-state index is -1.29. The van der Waals surface area contributed by atoms with Crippen molar-refractivity contribution in [2.24, 2.45) is 0 Å². The Morgan fingerprint density at radius 1 is 0.972 bits per heavy atom. The largest absolute Gasteiger partial charge is 0.383 e. The third-order valence-electron chi connectivity index (χ3n) is 7.13. The van der Waals surface area contributed by atoms with Crippen LogP contribution < -0.4 is 4.90 Å². The van der Waals surface area contributed by atoms with Crippen LogP contribution in [0, 0.1) is 20.8 Å². The highest BCUT2D eigenvalue weighted by molar-refractivity contribution is 6.11. The summed E-state index contributed by atoms with van der Waals surface area (Å²) in [6, 6.07) is 13.4. The Kier molecular flexibility index (Phi) is 7.26. The van der Waals surface area contributed by atoms with Crippen molar-refractivity contribution in [3.8, 4) is 0 Å². The fourth-order valence-corrected chi connectivity index (χ4v) is 5.40. The molecule has 2 aromatic carbocycles. The molecular weight excluding hydrogens is 458 g/mol. The van der Waals surface area contributed by atoms with Crippen LogP contribution in [-0.4, -0.2) is 73.3 Å². The smallest absolute Gasteiger partial charge is 0.246 e. The molecule has 0 aliphatic carbocycles. The number of rotatable bonds is 7. The number of anilines is 1. The van der Waals surface area contributed by atoms with E-state index in [-0.39, 0.29) is 56.2 Å². The van der Waals surface area contributed by atoms with Gasteiger partial charge in [-0.3, -0.25) is 24.1 Å². The molecule has 2 aliphatic heterocycles. The van der Waals surface area contributed by atoms with E-state index in [1.165, 1.54) is 16.9 Å². The highest BCUT2D eigenvalue weighted by Crippen LogP contribution is 2.41. The Morgan fingerprint density at radius 2 is 1.67 bits per heavy atom. The molecule has 2 fully saturated rings. The zero-order valence-corrected chi connectivity index (χ0v) is 21.4. The molecule has 0 saturated carbocycles. The van der Waals surface area contributed by atoms with Crippen LogP contribution in [0.25, 0.3) is 0 Å². The standard InChI is InChI=1S/C28H33N3O5/c1-19-13-20(2)15-22(14-19)30-10-9-29(18-26(30)34)24(32)16-28(23-8-6-5-7-21(23)3)17-25(33)31(27(28)35)11-12-36-4/h5-8,13-15H,9-12,16-18H2,1-4H3/t28-/m0/s1. The van der Waals surface area contributed by atoms with Crippen LogP contribution in [0.3, 0.4) is 0 Å². The Hall–Kier alpha value is -3.52. The second kappa shape index (κ2) is 10.2. The second-order valence-electron chi connectivity index (χ2n) is 9.80. The lowest BCUT2D eigenvalue weighted by Crippen LogP contribution is -2.54. The summed E-state index contributed by atoms with van der Waals surface area (Å²) in [6.07, 6.45) is -0.245. The number of hydrogen-bond donors (Lipinski definition) is 0. The SMILES string of the molecule is COCCN1C(=O)C[C@@](CC(=O)N2CCN(c3cc(C)cc(C)c3)C(=O)C2)(c2ccccc2C)C1=O. The number of carbonyl (C=O) groups excluding carboxylic acids is 4. The van der Waals surface area contributed by atoms with Gasteiger partial charge in [-0.05, 0) is 55.2 Å². The number of carbonyl (C=O) groups is 4. The molecule has 0 aromatic heterocycles. The van der Waals surface area contributed by atoms with Crippen molar-refractivity contribution in [1.29, 1.82) is 0 Å². The lowest BCUT2D eigenvalue weighted by atomic mass is 9.74. The normalized spacial score (nSPS) is 20.4. The molecule has 2 aliphatic rings. The van der Waals surface area contributed by atoms with Crippen molar-refractivity contribution < 1.29 is 23.9 Å². The zero-order valence-electron chi connectivity index (χ0n) is 21.4. The first-order valence-corrected chi connectivity index (χ1v) is 12.2. The highest BCUT2D eigenvalue weighted by Gasteiger charge is 2.54. The van der Waals surface area contributed by atoms with Crippen LogP contribution in [0.5, 0.6) is 0 Å². The molecule has 36 heavy (non-hydrogen) atoms. The van der Waals surface area contributed by atoms with E-state index in [0.29, 0.717) is 18.7 Å². The molecule has 2 aromatic rings. The number of benzene rings is 2. The number of amides is 4. The first kappa shape index (κ1) is 25.6. The molecule has 2 heterocycles. The summed E-state index contributed by atoms with van der Waals surface area (Å²) in [6.45, 7) is 6.89. The number of hydrogen-bond acceptors (Lipinski definition) is 5. The molecule has 0 spiro atoms. The predicted octanol–water partition coefficient (Wildman–Crippen LogP) is 2.52. The van der Waals surface area contributed by atoms with Gasteiger partial charge in [0.05, 0.1) is 18.6 Å². The van der Waals surface area contributed by atoms with Crippen LogP contribution in [0.1, 0.15) is 35.1 Å². The first-order chi connectivity index (χ1) is 17.2. The van der Waals surface area contributed by atoms with E-state index in [1.807, 2.05) is 57.2 Å². The Balaban J connectivity index is 1.57. The van der Waals surface area contributed by atoms with E-state index < -0.39 is 5.41 Å². The molecule has 0 radical (unpaired) electrons. The molecule has 0 bridgehead atoms. The third kappa shape index (κ3) is 4.78. The minimum absolute atomic E-state index is 0.0643. The number of imide groups is 1. The fraction of sp³-hybridized carbons (Fsp3) is 0.429. The Bertz CT molecular complexity index is 1190. The van der Waals surface area contributed by atoms with Gasteiger partial charge in [-0.25, -0.2) is 0 Å². The average Bonchev–Trinajstić information content (AvgIpc) is 3.06. The van der Waals surface area contributed by atoms with Crippen molar-refractivity contribution >= 4 is 29.3 Å². The molecule has 8 nitrogen and oxygen atoms in total. The van der Waals surface area contributed by atoms with Gasteiger partial charge in [0.2, 0.25) is 23.6 Å². The molecule has 2 saturated heterocycles. The molecule has 8 heteroatoms. The van der Waals surface area contributed by atoms with Gasteiger partial charge in [0, 0.05) is 38.7 Å². The van der Waals surface area contributed by atoms with E-state index >= 15 is 0 Å². The first-order valence-electron chi connectivity index (χ1n) is 12.2. The van der Waals surface area contributed by atoms with Crippen molar-refractivity contribution in [2.75, 3.05) is 44.8 Å². The third-order valence-corrected chi connectivity index (χ3v) is 7.13. The molecule has 0 N–H and O–H groups in total. The van der Waals surface area contributed by atoms with Crippen molar-refractivity contribution in [2.45, 2.75) is 39.0 Å². The number of likely N-dealkylation sites (tertiary alicyclic amines) is 1. The number of nitrogens with zero attached hydrogens (tertiary/aromatic N) is 3. The molecule has 1 atom stereocenters. The van der Waals surface area contributed by atoms with Crippen LogP contribution >= 0.6 is 0 Å². The molecule has 4 amide bonds. The maximum absolute atomic E-state index is 13.7. The lowest BCUT2D eigenvalue weighted by Gasteiger charge is -2.36.